The van der Waals surface area contributed by atoms with Crippen molar-refractivity contribution in [2.24, 2.45) is 5.92 Å². The highest BCUT2D eigenvalue weighted by Crippen LogP contribution is 2.26. The Morgan fingerprint density at radius 2 is 1.87 bits per heavy atom. The molecule has 15 heavy (non-hydrogen) atoms. The van der Waals surface area contributed by atoms with Gasteiger partial charge in [0, 0.05) is 17.8 Å². The van der Waals surface area contributed by atoms with Gasteiger partial charge in [0.15, 0.2) is 0 Å². The second-order valence-electron chi connectivity index (χ2n) is 4.85. The largest absolute Gasteiger partial charge is 0.311 e. The monoisotopic (exact) mass is 229 g/mol. The third-order valence-corrected chi connectivity index (χ3v) is 4.66. The summed E-state index contributed by atoms with van der Waals surface area (Å²) >= 11 is 2.05. The van der Waals surface area contributed by atoms with Crippen LogP contribution in [0.2, 0.25) is 0 Å². The predicted molar refractivity (Wildman–Crippen MR) is 71.6 cm³/mol. The Bertz CT molecular complexity index is 153. The van der Waals surface area contributed by atoms with Crippen LogP contribution in [-0.4, -0.2) is 23.6 Å². The van der Waals surface area contributed by atoms with Crippen molar-refractivity contribution < 1.29 is 0 Å². The number of thioether (sulfide) groups is 1. The quantitative estimate of drug-likeness (QED) is 0.745. The fourth-order valence-corrected chi connectivity index (χ4v) is 3.17. The summed E-state index contributed by atoms with van der Waals surface area (Å²) in [5.74, 6) is 3.53. The number of rotatable bonds is 6. The van der Waals surface area contributed by atoms with Gasteiger partial charge < -0.3 is 5.32 Å². The molecule has 2 heteroatoms. The number of hydrogen-bond donors (Lipinski definition) is 1. The molecule has 1 unspecified atom stereocenters. The lowest BCUT2D eigenvalue weighted by Gasteiger charge is -2.30. The zero-order chi connectivity index (χ0) is 11.1. The minimum absolute atomic E-state index is 0.693. The van der Waals surface area contributed by atoms with Crippen molar-refractivity contribution in [1.82, 2.24) is 5.32 Å². The van der Waals surface area contributed by atoms with E-state index in [-0.39, 0.29) is 0 Å². The van der Waals surface area contributed by atoms with Gasteiger partial charge in [-0.3, -0.25) is 0 Å². The van der Waals surface area contributed by atoms with Crippen molar-refractivity contribution >= 4 is 11.8 Å². The molecule has 0 radical (unpaired) electrons. The van der Waals surface area contributed by atoms with Crippen molar-refractivity contribution in [2.45, 2.75) is 65.0 Å². The Kier molecular flexibility index (Phi) is 6.74. The summed E-state index contributed by atoms with van der Waals surface area (Å²) in [4.78, 5) is 0. The van der Waals surface area contributed by atoms with Crippen LogP contribution in [-0.2, 0) is 0 Å². The fraction of sp³-hybridized carbons (Fsp3) is 1.00. The Hall–Kier alpha value is 0.310. The third kappa shape index (κ3) is 5.26. The summed E-state index contributed by atoms with van der Waals surface area (Å²) in [7, 11) is 0. The van der Waals surface area contributed by atoms with E-state index < -0.39 is 0 Å². The van der Waals surface area contributed by atoms with Crippen LogP contribution in [0.3, 0.4) is 0 Å². The fourth-order valence-electron chi connectivity index (χ4n) is 2.48. The van der Waals surface area contributed by atoms with Crippen molar-refractivity contribution in [3.05, 3.63) is 0 Å². The topological polar surface area (TPSA) is 12.0 Å². The minimum Gasteiger partial charge on any atom is -0.311 e. The summed E-state index contributed by atoms with van der Waals surface area (Å²) in [6.07, 6.45) is 7.08. The van der Waals surface area contributed by atoms with Crippen LogP contribution in [0.1, 0.15) is 52.9 Å². The Morgan fingerprint density at radius 1 is 1.20 bits per heavy atom. The maximum absolute atomic E-state index is 3.78. The Labute approximate surface area is 99.8 Å². The molecule has 0 aromatic rings. The molecular formula is C13H27NS. The highest BCUT2D eigenvalue weighted by Gasteiger charge is 2.20. The first-order valence-corrected chi connectivity index (χ1v) is 7.75. The van der Waals surface area contributed by atoms with Gasteiger partial charge in [0.05, 0.1) is 0 Å². The van der Waals surface area contributed by atoms with Crippen LogP contribution in [0.25, 0.3) is 0 Å². The molecule has 1 rings (SSSR count). The lowest BCUT2D eigenvalue weighted by molar-refractivity contribution is 0.276. The van der Waals surface area contributed by atoms with E-state index in [0.29, 0.717) is 6.04 Å². The van der Waals surface area contributed by atoms with E-state index in [1.165, 1.54) is 43.6 Å². The third-order valence-electron chi connectivity index (χ3n) is 3.52. The van der Waals surface area contributed by atoms with Crippen molar-refractivity contribution in [2.75, 3.05) is 11.5 Å². The second-order valence-corrected chi connectivity index (χ2v) is 6.17. The van der Waals surface area contributed by atoms with Crippen molar-refractivity contribution in [3.63, 3.8) is 0 Å². The normalized spacial score (nSPS) is 29.0. The summed E-state index contributed by atoms with van der Waals surface area (Å²) in [5, 5.41) is 3.78. The molecule has 1 N–H and O–H groups in total. The number of nitrogens with one attached hydrogen (secondary N) is 1. The molecule has 1 aliphatic rings. The molecule has 1 fully saturated rings. The SMILES string of the molecule is CCSCC(C)NC1CCC(CC)CC1. The lowest BCUT2D eigenvalue weighted by Crippen LogP contribution is -2.40. The van der Waals surface area contributed by atoms with Gasteiger partial charge in [-0.2, -0.15) is 11.8 Å². The maximum atomic E-state index is 3.78. The predicted octanol–water partition coefficient (Wildman–Crippen LogP) is 3.69. The van der Waals surface area contributed by atoms with E-state index in [2.05, 4.69) is 26.1 Å². The van der Waals surface area contributed by atoms with E-state index in [9.17, 15) is 0 Å². The van der Waals surface area contributed by atoms with Gasteiger partial charge in [0.25, 0.3) is 0 Å². The van der Waals surface area contributed by atoms with Crippen molar-refractivity contribution in [3.8, 4) is 0 Å². The van der Waals surface area contributed by atoms with Gasteiger partial charge in [-0.25, -0.2) is 0 Å². The highest BCUT2D eigenvalue weighted by atomic mass is 32.2. The molecule has 90 valence electrons. The first-order chi connectivity index (χ1) is 7.26. The zero-order valence-corrected chi connectivity index (χ0v) is 11.4. The van der Waals surface area contributed by atoms with E-state index in [1.54, 1.807) is 0 Å². The molecule has 0 aromatic carbocycles. The van der Waals surface area contributed by atoms with E-state index >= 15 is 0 Å². The van der Waals surface area contributed by atoms with Crippen LogP contribution >= 0.6 is 11.8 Å². The molecule has 0 heterocycles. The molecular weight excluding hydrogens is 202 g/mol. The second kappa shape index (κ2) is 7.56. The van der Waals surface area contributed by atoms with Crippen LogP contribution < -0.4 is 5.32 Å². The van der Waals surface area contributed by atoms with Gasteiger partial charge in [0.2, 0.25) is 0 Å². The number of hydrogen-bond acceptors (Lipinski definition) is 2. The summed E-state index contributed by atoms with van der Waals surface area (Å²) in [5.41, 5.74) is 0. The molecule has 0 amide bonds. The molecule has 0 bridgehead atoms. The van der Waals surface area contributed by atoms with E-state index in [0.717, 1.165) is 12.0 Å². The van der Waals surface area contributed by atoms with Crippen LogP contribution in [0.5, 0.6) is 0 Å². The summed E-state index contributed by atoms with van der Waals surface area (Å²) in [6.45, 7) is 6.90. The Balaban J connectivity index is 2.12. The first kappa shape index (κ1) is 13.4. The summed E-state index contributed by atoms with van der Waals surface area (Å²) in [6, 6.07) is 1.50. The molecule has 0 spiro atoms. The molecule has 0 aromatic heterocycles. The first-order valence-electron chi connectivity index (χ1n) is 6.60. The molecule has 1 saturated carbocycles. The lowest BCUT2D eigenvalue weighted by atomic mass is 9.84. The van der Waals surface area contributed by atoms with Crippen LogP contribution in [0.4, 0.5) is 0 Å². The molecule has 0 saturated heterocycles. The average molecular weight is 229 g/mol. The average Bonchev–Trinajstić information content (AvgIpc) is 2.27. The standard InChI is InChI=1S/C13H27NS/c1-4-12-6-8-13(9-7-12)14-11(3)10-15-5-2/h11-14H,4-10H2,1-3H3. The van der Waals surface area contributed by atoms with Gasteiger partial charge in [-0.15, -0.1) is 0 Å². The van der Waals surface area contributed by atoms with Gasteiger partial charge in [-0.1, -0.05) is 20.3 Å². The van der Waals surface area contributed by atoms with Crippen LogP contribution in [0, 0.1) is 5.92 Å². The summed E-state index contributed by atoms with van der Waals surface area (Å²) < 4.78 is 0. The van der Waals surface area contributed by atoms with Crippen LogP contribution in [0.15, 0.2) is 0 Å². The molecule has 0 aliphatic heterocycles. The zero-order valence-electron chi connectivity index (χ0n) is 10.6. The highest BCUT2D eigenvalue weighted by molar-refractivity contribution is 7.99. The molecule has 1 nitrogen and oxygen atoms in total. The van der Waals surface area contributed by atoms with Gasteiger partial charge in [-0.05, 0) is 44.3 Å². The minimum atomic E-state index is 0.693. The van der Waals surface area contributed by atoms with Gasteiger partial charge >= 0.3 is 0 Å². The van der Waals surface area contributed by atoms with E-state index in [1.807, 2.05) is 11.8 Å². The van der Waals surface area contributed by atoms with Crippen molar-refractivity contribution in [1.29, 1.82) is 0 Å². The maximum Gasteiger partial charge on any atom is 0.0132 e. The Morgan fingerprint density at radius 3 is 2.40 bits per heavy atom. The molecule has 1 atom stereocenters. The smallest absolute Gasteiger partial charge is 0.0132 e. The van der Waals surface area contributed by atoms with E-state index in [4.69, 9.17) is 0 Å². The van der Waals surface area contributed by atoms with Gasteiger partial charge in [0.1, 0.15) is 0 Å². The molecule has 1 aliphatic carbocycles.